The van der Waals surface area contributed by atoms with Crippen molar-refractivity contribution in [2.24, 2.45) is 5.92 Å². The summed E-state index contributed by atoms with van der Waals surface area (Å²) in [5.74, 6) is -2.71. The second-order valence-corrected chi connectivity index (χ2v) is 7.60. The van der Waals surface area contributed by atoms with Crippen molar-refractivity contribution in [3.05, 3.63) is 88.4 Å². The number of rotatable bonds is 8. The number of hydrogen-bond acceptors (Lipinski definition) is 9. The lowest BCUT2D eigenvalue weighted by Crippen LogP contribution is -2.27. The molecule has 0 N–H and O–H groups in total. The highest BCUT2D eigenvalue weighted by Gasteiger charge is 2.36. The zero-order chi connectivity index (χ0) is 24.9. The number of ether oxygens (including phenoxy) is 2. The topological polar surface area (TPSA) is 146 Å². The van der Waals surface area contributed by atoms with Gasteiger partial charge in [0, 0.05) is 36.3 Å². The van der Waals surface area contributed by atoms with Crippen molar-refractivity contribution in [3.8, 4) is 5.75 Å². The van der Waals surface area contributed by atoms with E-state index in [-0.39, 0.29) is 41.6 Å². The highest BCUT2D eigenvalue weighted by molar-refractivity contribution is 6.01. The first-order valence-corrected chi connectivity index (χ1v) is 10.4. The Labute approximate surface area is 198 Å². The van der Waals surface area contributed by atoms with Gasteiger partial charge >= 0.3 is 11.9 Å². The van der Waals surface area contributed by atoms with Crippen LogP contribution in [0.2, 0.25) is 0 Å². The van der Waals surface area contributed by atoms with Crippen molar-refractivity contribution >= 4 is 35.0 Å². The summed E-state index contributed by atoms with van der Waals surface area (Å²) in [6.45, 7) is -0.480. The summed E-state index contributed by atoms with van der Waals surface area (Å²) in [6.07, 6.45) is 1.24. The minimum Gasteiger partial charge on any atom is -0.457 e. The van der Waals surface area contributed by atoms with E-state index < -0.39 is 35.2 Å². The van der Waals surface area contributed by atoms with E-state index in [2.05, 4.69) is 0 Å². The molecule has 11 heteroatoms. The predicted molar refractivity (Wildman–Crippen MR) is 119 cm³/mol. The molecule has 178 valence electrons. The van der Waals surface area contributed by atoms with Gasteiger partial charge in [-0.3, -0.25) is 24.5 Å². The number of Topliss-reactive ketones (excluding diaryl/α,β-unsaturated/α-hetero) is 1. The quantitative estimate of drug-likeness (QED) is 0.157. The molecular formula is C24H18N2O9. The molecule has 0 spiro atoms. The van der Waals surface area contributed by atoms with Crippen LogP contribution >= 0.6 is 0 Å². The molecule has 1 atom stereocenters. The van der Waals surface area contributed by atoms with Gasteiger partial charge in [0.15, 0.2) is 12.4 Å². The molecule has 1 aliphatic rings. The first kappa shape index (κ1) is 23.4. The van der Waals surface area contributed by atoms with Gasteiger partial charge in [0.25, 0.3) is 5.69 Å². The number of carbonyl (C=O) groups excluding carboxylic acids is 4. The van der Waals surface area contributed by atoms with E-state index in [0.29, 0.717) is 5.69 Å². The van der Waals surface area contributed by atoms with Gasteiger partial charge in [0.1, 0.15) is 5.75 Å². The van der Waals surface area contributed by atoms with Gasteiger partial charge < -0.3 is 18.8 Å². The molecule has 1 saturated heterocycles. The van der Waals surface area contributed by atoms with Gasteiger partial charge in [-0.05, 0) is 48.5 Å². The van der Waals surface area contributed by atoms with Gasteiger partial charge in [0.2, 0.25) is 11.7 Å². The molecule has 2 aromatic carbocycles. The van der Waals surface area contributed by atoms with Crippen molar-refractivity contribution < 1.29 is 38.0 Å². The van der Waals surface area contributed by atoms with E-state index in [1.807, 2.05) is 0 Å². The smallest absolute Gasteiger partial charge is 0.379 e. The van der Waals surface area contributed by atoms with Crippen LogP contribution in [0, 0.1) is 16.0 Å². The maximum absolute atomic E-state index is 12.4. The van der Waals surface area contributed by atoms with Crippen LogP contribution in [-0.4, -0.2) is 41.7 Å². The molecular weight excluding hydrogens is 460 g/mol. The van der Waals surface area contributed by atoms with E-state index in [1.165, 1.54) is 65.8 Å². The van der Waals surface area contributed by atoms with Crippen molar-refractivity contribution in [2.45, 2.75) is 6.42 Å². The van der Waals surface area contributed by atoms with Crippen LogP contribution in [0.4, 0.5) is 11.4 Å². The molecule has 0 unspecified atom stereocenters. The summed E-state index contributed by atoms with van der Waals surface area (Å²) < 4.78 is 15.2. The number of nitro benzene ring substituents is 1. The molecule has 1 amide bonds. The fourth-order valence-electron chi connectivity index (χ4n) is 3.47. The second-order valence-electron chi connectivity index (χ2n) is 7.60. The van der Waals surface area contributed by atoms with E-state index in [4.69, 9.17) is 13.9 Å². The number of nitrogens with zero attached hydrogens (tertiary/aromatic N) is 2. The molecule has 1 aromatic heterocycles. The van der Waals surface area contributed by atoms with Gasteiger partial charge in [-0.2, -0.15) is 0 Å². The molecule has 3 aromatic rings. The molecule has 0 aliphatic carbocycles. The third-order valence-corrected chi connectivity index (χ3v) is 5.29. The summed E-state index contributed by atoms with van der Waals surface area (Å²) in [7, 11) is 0. The molecule has 4 rings (SSSR count). The Balaban J connectivity index is 1.28. The van der Waals surface area contributed by atoms with Gasteiger partial charge in [-0.25, -0.2) is 4.79 Å². The molecule has 1 fully saturated rings. The van der Waals surface area contributed by atoms with Crippen LogP contribution in [-0.2, 0) is 14.3 Å². The largest absolute Gasteiger partial charge is 0.457 e. The van der Waals surface area contributed by atoms with E-state index in [1.54, 1.807) is 6.07 Å². The summed E-state index contributed by atoms with van der Waals surface area (Å²) >= 11 is 0. The molecule has 11 nitrogen and oxygen atoms in total. The number of anilines is 1. The molecule has 0 bridgehead atoms. The molecule has 0 radical (unpaired) electrons. The van der Waals surface area contributed by atoms with Crippen LogP contribution in [0.15, 0.2) is 71.3 Å². The lowest BCUT2D eigenvalue weighted by molar-refractivity contribution is -0.384. The van der Waals surface area contributed by atoms with Crippen molar-refractivity contribution in [3.63, 3.8) is 0 Å². The third kappa shape index (κ3) is 5.41. The number of furan rings is 1. The minimum atomic E-state index is -0.770. The number of esters is 2. The lowest BCUT2D eigenvalue weighted by Gasteiger charge is -2.16. The number of nitro groups is 1. The molecule has 0 saturated carbocycles. The fraction of sp³-hybridized carbons (Fsp3) is 0.167. The number of amides is 1. The number of hydrogen-bond donors (Lipinski definition) is 0. The highest BCUT2D eigenvalue weighted by Crippen LogP contribution is 2.27. The summed E-state index contributed by atoms with van der Waals surface area (Å²) in [6, 6.07) is 14.1. The summed E-state index contributed by atoms with van der Waals surface area (Å²) in [4.78, 5) is 60.6. The lowest BCUT2D eigenvalue weighted by atomic mass is 10.1. The maximum atomic E-state index is 12.4. The average Bonchev–Trinajstić information content (AvgIpc) is 3.53. The van der Waals surface area contributed by atoms with Crippen LogP contribution in [0.5, 0.6) is 5.75 Å². The SMILES string of the molecule is O=C(COC(=O)[C@@H]1CC(=O)N(c2ccc([N+](=O)[O-])cc2)C1)c1ccc(OC(=O)c2ccco2)cc1. The molecule has 35 heavy (non-hydrogen) atoms. The van der Waals surface area contributed by atoms with Crippen molar-refractivity contribution in [1.82, 2.24) is 0 Å². The van der Waals surface area contributed by atoms with Crippen LogP contribution in [0.25, 0.3) is 0 Å². The number of benzene rings is 2. The zero-order valence-electron chi connectivity index (χ0n) is 18.1. The van der Waals surface area contributed by atoms with E-state index in [0.717, 1.165) is 0 Å². The van der Waals surface area contributed by atoms with Gasteiger partial charge in [-0.15, -0.1) is 0 Å². The number of carbonyl (C=O) groups is 4. The Morgan fingerprint density at radius 3 is 2.40 bits per heavy atom. The van der Waals surface area contributed by atoms with Crippen LogP contribution in [0.1, 0.15) is 27.3 Å². The van der Waals surface area contributed by atoms with Crippen LogP contribution in [0.3, 0.4) is 0 Å². The molecule has 1 aliphatic heterocycles. The standard InChI is InChI=1S/C24H18N2O9/c27-20(15-3-9-19(10-4-15)35-24(30)21-2-1-11-33-21)14-34-23(29)16-12-22(28)25(13-16)17-5-7-18(8-6-17)26(31)32/h1-11,16H,12-14H2/t16-/m1/s1. The monoisotopic (exact) mass is 478 g/mol. The first-order valence-electron chi connectivity index (χ1n) is 10.4. The zero-order valence-corrected chi connectivity index (χ0v) is 18.1. The number of non-ortho nitro benzene ring substituents is 1. The predicted octanol–water partition coefficient (Wildman–Crippen LogP) is 3.19. The Bertz CT molecular complexity index is 1270. The summed E-state index contributed by atoms with van der Waals surface area (Å²) in [5, 5.41) is 10.8. The first-order chi connectivity index (χ1) is 16.8. The summed E-state index contributed by atoms with van der Waals surface area (Å²) in [5.41, 5.74) is 0.559. The van der Waals surface area contributed by atoms with E-state index in [9.17, 15) is 29.3 Å². The average molecular weight is 478 g/mol. The minimum absolute atomic E-state index is 0.0367. The Kier molecular flexibility index (Phi) is 6.67. The van der Waals surface area contributed by atoms with Gasteiger partial charge in [0.05, 0.1) is 17.1 Å². The maximum Gasteiger partial charge on any atom is 0.379 e. The third-order valence-electron chi connectivity index (χ3n) is 5.29. The Hall–Kier alpha value is -4.80. The number of ketones is 1. The second kappa shape index (κ2) is 10.00. The van der Waals surface area contributed by atoms with E-state index >= 15 is 0 Å². The highest BCUT2D eigenvalue weighted by atomic mass is 16.6. The van der Waals surface area contributed by atoms with Crippen LogP contribution < -0.4 is 9.64 Å². The Morgan fingerprint density at radius 2 is 1.77 bits per heavy atom. The normalized spacial score (nSPS) is 15.0. The fourth-order valence-corrected chi connectivity index (χ4v) is 3.47. The van der Waals surface area contributed by atoms with Gasteiger partial charge in [-0.1, -0.05) is 0 Å². The Morgan fingerprint density at radius 1 is 1.06 bits per heavy atom. The van der Waals surface area contributed by atoms with Crippen molar-refractivity contribution in [1.29, 1.82) is 0 Å². The van der Waals surface area contributed by atoms with Crippen molar-refractivity contribution in [2.75, 3.05) is 18.1 Å². The molecule has 2 heterocycles.